The van der Waals surface area contributed by atoms with E-state index in [2.05, 4.69) is 11.8 Å². The van der Waals surface area contributed by atoms with Gasteiger partial charge in [0.15, 0.2) is 0 Å². The van der Waals surface area contributed by atoms with Gasteiger partial charge in [-0.2, -0.15) is 0 Å². The Kier molecular flexibility index (Phi) is 8.37. The molecule has 0 bridgehead atoms. The van der Waals surface area contributed by atoms with E-state index in [9.17, 15) is 0 Å². The van der Waals surface area contributed by atoms with E-state index in [1.165, 1.54) is 38.8 Å². The number of ether oxygens (including phenoxy) is 2. The van der Waals surface area contributed by atoms with E-state index in [-0.39, 0.29) is 0 Å². The fourth-order valence-electron chi connectivity index (χ4n) is 3.45. The molecule has 24 heavy (non-hydrogen) atoms. The van der Waals surface area contributed by atoms with E-state index in [0.717, 1.165) is 35.9 Å². The van der Waals surface area contributed by atoms with E-state index in [0.29, 0.717) is 12.0 Å². The number of aryl methyl sites for hydroxylation is 1. The molecule has 1 aliphatic rings. The Hall–Kier alpha value is -0.770. The second kappa shape index (κ2) is 10.3. The minimum absolute atomic E-state index is 0.330. The molecule has 1 fully saturated rings. The van der Waals surface area contributed by atoms with Gasteiger partial charge in [-0.3, -0.25) is 0 Å². The summed E-state index contributed by atoms with van der Waals surface area (Å²) < 4.78 is 11.7. The summed E-state index contributed by atoms with van der Waals surface area (Å²) in [6.45, 7) is 8.46. The van der Waals surface area contributed by atoms with Crippen LogP contribution in [-0.4, -0.2) is 44.4 Å². The summed E-state index contributed by atoms with van der Waals surface area (Å²) in [5, 5.41) is 0.789. The predicted octanol–water partition coefficient (Wildman–Crippen LogP) is 4.94. The third-order valence-electron chi connectivity index (χ3n) is 5.05. The Morgan fingerprint density at radius 2 is 2.12 bits per heavy atom. The molecule has 136 valence electrons. The molecule has 1 heterocycles. The number of nitrogens with zero attached hydrogens (tertiary/aromatic N) is 1. The van der Waals surface area contributed by atoms with Crippen molar-refractivity contribution in [1.82, 2.24) is 4.90 Å². The van der Waals surface area contributed by atoms with Crippen molar-refractivity contribution in [3.63, 3.8) is 0 Å². The summed E-state index contributed by atoms with van der Waals surface area (Å²) in [6, 6.07) is 5.85. The minimum atomic E-state index is 0.330. The van der Waals surface area contributed by atoms with Crippen LogP contribution in [-0.2, 0) is 4.74 Å². The highest BCUT2D eigenvalue weighted by molar-refractivity contribution is 6.31. The van der Waals surface area contributed by atoms with E-state index in [4.69, 9.17) is 21.1 Å². The van der Waals surface area contributed by atoms with Crippen LogP contribution in [0.4, 0.5) is 0 Å². The Morgan fingerprint density at radius 3 is 2.83 bits per heavy atom. The molecular formula is C20H32ClNO2. The molecule has 0 aliphatic carbocycles. The average molecular weight is 354 g/mol. The molecule has 0 unspecified atom stereocenters. The molecule has 1 aromatic rings. The summed E-state index contributed by atoms with van der Waals surface area (Å²) in [6.07, 6.45) is 6.49. The SMILES string of the molecule is CCCCCN1CC[C@@H](CCOc2ccc(Cl)c(C)c2)[C@H](OC)C1. The van der Waals surface area contributed by atoms with Gasteiger partial charge < -0.3 is 14.4 Å². The fourth-order valence-corrected chi connectivity index (χ4v) is 3.57. The van der Waals surface area contributed by atoms with Crippen molar-refractivity contribution < 1.29 is 9.47 Å². The van der Waals surface area contributed by atoms with Crippen molar-refractivity contribution in [1.29, 1.82) is 0 Å². The second-order valence-corrected chi connectivity index (χ2v) is 7.29. The van der Waals surface area contributed by atoms with Gasteiger partial charge in [-0.1, -0.05) is 31.4 Å². The number of benzene rings is 1. The highest BCUT2D eigenvalue weighted by Crippen LogP contribution is 2.25. The molecule has 3 nitrogen and oxygen atoms in total. The zero-order valence-electron chi connectivity index (χ0n) is 15.4. The van der Waals surface area contributed by atoms with Crippen molar-refractivity contribution >= 4 is 11.6 Å². The largest absolute Gasteiger partial charge is 0.494 e. The average Bonchev–Trinajstić information content (AvgIpc) is 2.59. The van der Waals surface area contributed by atoms with Gasteiger partial charge in [-0.15, -0.1) is 0 Å². The van der Waals surface area contributed by atoms with E-state index in [1.54, 1.807) is 0 Å². The lowest BCUT2D eigenvalue weighted by atomic mass is 9.90. The van der Waals surface area contributed by atoms with Crippen LogP contribution in [0.1, 0.15) is 44.6 Å². The number of hydrogen-bond acceptors (Lipinski definition) is 3. The normalized spacial score (nSPS) is 21.8. The maximum Gasteiger partial charge on any atom is 0.119 e. The standard InChI is InChI=1S/C20H32ClNO2/c1-4-5-6-11-22-12-9-17(20(15-22)23-3)10-13-24-18-7-8-19(21)16(2)14-18/h7-8,14,17,20H,4-6,9-13,15H2,1-3H3/t17-,20+/m0/s1. The smallest absolute Gasteiger partial charge is 0.119 e. The van der Waals surface area contributed by atoms with Crippen LogP contribution < -0.4 is 4.74 Å². The zero-order valence-corrected chi connectivity index (χ0v) is 16.1. The molecule has 0 saturated carbocycles. The van der Waals surface area contributed by atoms with Gasteiger partial charge in [-0.05, 0) is 69.0 Å². The third-order valence-corrected chi connectivity index (χ3v) is 5.47. The van der Waals surface area contributed by atoms with E-state index in [1.807, 2.05) is 32.2 Å². The first-order valence-corrected chi connectivity index (χ1v) is 9.66. The minimum Gasteiger partial charge on any atom is -0.494 e. The van der Waals surface area contributed by atoms with Crippen LogP contribution in [0.15, 0.2) is 18.2 Å². The van der Waals surface area contributed by atoms with Crippen LogP contribution >= 0.6 is 11.6 Å². The Balaban J connectivity index is 1.74. The number of hydrogen-bond donors (Lipinski definition) is 0. The molecule has 0 amide bonds. The Bertz CT molecular complexity index is 495. The molecule has 0 spiro atoms. The Morgan fingerprint density at radius 1 is 1.29 bits per heavy atom. The number of unbranched alkanes of at least 4 members (excludes halogenated alkanes) is 2. The van der Waals surface area contributed by atoms with Crippen molar-refractivity contribution in [2.75, 3.05) is 33.4 Å². The van der Waals surface area contributed by atoms with Crippen molar-refractivity contribution in [2.45, 2.75) is 52.1 Å². The molecule has 1 saturated heterocycles. The van der Waals surface area contributed by atoms with Crippen LogP contribution in [0, 0.1) is 12.8 Å². The van der Waals surface area contributed by atoms with Crippen molar-refractivity contribution in [3.05, 3.63) is 28.8 Å². The molecule has 2 rings (SSSR count). The first kappa shape index (κ1) is 19.6. The number of methoxy groups -OCH3 is 1. The maximum absolute atomic E-state index is 6.06. The second-order valence-electron chi connectivity index (χ2n) is 6.88. The van der Waals surface area contributed by atoms with Gasteiger partial charge in [0.1, 0.15) is 5.75 Å². The lowest BCUT2D eigenvalue weighted by Crippen LogP contribution is -2.45. The molecule has 0 N–H and O–H groups in total. The number of piperidine rings is 1. The van der Waals surface area contributed by atoms with Crippen molar-refractivity contribution in [2.24, 2.45) is 5.92 Å². The molecule has 2 atom stereocenters. The lowest BCUT2D eigenvalue weighted by molar-refractivity contribution is -0.0180. The van der Waals surface area contributed by atoms with Crippen LogP contribution in [0.5, 0.6) is 5.75 Å². The first-order valence-electron chi connectivity index (χ1n) is 9.28. The van der Waals surface area contributed by atoms with Gasteiger partial charge in [0.05, 0.1) is 12.7 Å². The number of rotatable bonds is 9. The van der Waals surface area contributed by atoms with E-state index < -0.39 is 0 Å². The number of likely N-dealkylation sites (tertiary alicyclic amines) is 1. The lowest BCUT2D eigenvalue weighted by Gasteiger charge is -2.37. The van der Waals surface area contributed by atoms with Crippen LogP contribution in [0.2, 0.25) is 5.02 Å². The van der Waals surface area contributed by atoms with Crippen molar-refractivity contribution in [3.8, 4) is 5.75 Å². The van der Waals surface area contributed by atoms with Gasteiger partial charge in [-0.25, -0.2) is 0 Å². The fraction of sp³-hybridized carbons (Fsp3) is 0.700. The summed E-state index contributed by atoms with van der Waals surface area (Å²) in [5.41, 5.74) is 1.06. The van der Waals surface area contributed by atoms with Gasteiger partial charge in [0.2, 0.25) is 0 Å². The van der Waals surface area contributed by atoms with E-state index >= 15 is 0 Å². The maximum atomic E-state index is 6.06. The monoisotopic (exact) mass is 353 g/mol. The quantitative estimate of drug-likeness (QED) is 0.586. The van der Waals surface area contributed by atoms with Gasteiger partial charge in [0, 0.05) is 18.7 Å². The zero-order chi connectivity index (χ0) is 17.4. The van der Waals surface area contributed by atoms with Gasteiger partial charge in [0.25, 0.3) is 0 Å². The predicted molar refractivity (Wildman–Crippen MR) is 101 cm³/mol. The summed E-state index contributed by atoms with van der Waals surface area (Å²) in [4.78, 5) is 2.56. The molecule has 4 heteroatoms. The number of halogens is 1. The Labute approximate surface area is 152 Å². The molecule has 1 aromatic carbocycles. The van der Waals surface area contributed by atoms with Gasteiger partial charge >= 0.3 is 0 Å². The molecule has 1 aliphatic heterocycles. The molecule has 0 radical (unpaired) electrons. The molecule has 0 aromatic heterocycles. The summed E-state index contributed by atoms with van der Waals surface area (Å²) >= 11 is 6.06. The summed E-state index contributed by atoms with van der Waals surface area (Å²) in [7, 11) is 1.84. The summed E-state index contributed by atoms with van der Waals surface area (Å²) in [5.74, 6) is 1.49. The first-order chi connectivity index (χ1) is 11.6. The highest BCUT2D eigenvalue weighted by Gasteiger charge is 2.28. The highest BCUT2D eigenvalue weighted by atomic mass is 35.5. The topological polar surface area (TPSA) is 21.7 Å². The van der Waals surface area contributed by atoms with Crippen LogP contribution in [0.25, 0.3) is 0 Å². The third kappa shape index (κ3) is 5.94. The molecular weight excluding hydrogens is 322 g/mol. The van der Waals surface area contributed by atoms with Crippen LogP contribution in [0.3, 0.4) is 0 Å².